The molecule has 76 valence electrons. The van der Waals surface area contributed by atoms with E-state index in [0.29, 0.717) is 11.6 Å². The molecule has 0 fully saturated rings. The molecule has 0 saturated heterocycles. The largest absolute Gasteiger partial charge is 0.485 e. The summed E-state index contributed by atoms with van der Waals surface area (Å²) in [5.41, 5.74) is -0.193. The zero-order valence-electron chi connectivity index (χ0n) is 7.88. The van der Waals surface area contributed by atoms with Gasteiger partial charge in [-0.1, -0.05) is 0 Å². The molecule has 2 aromatic rings. The predicted octanol–water partition coefficient (Wildman–Crippen LogP) is 0.744. The number of H-pyrrole nitrogens is 1. The zero-order chi connectivity index (χ0) is 10.5. The molecule has 0 amide bonds. The minimum Gasteiger partial charge on any atom is -0.485 e. The van der Waals surface area contributed by atoms with Crippen molar-refractivity contribution in [3.05, 3.63) is 53.0 Å². The number of nitrogens with zero attached hydrogens (tertiary/aromatic N) is 2. The molecule has 0 aliphatic rings. The maximum absolute atomic E-state index is 10.9. The van der Waals surface area contributed by atoms with Crippen molar-refractivity contribution < 1.29 is 4.74 Å². The summed E-state index contributed by atoms with van der Waals surface area (Å²) in [4.78, 5) is 21.4. The fourth-order valence-corrected chi connectivity index (χ4v) is 1.07. The van der Waals surface area contributed by atoms with Gasteiger partial charge < -0.3 is 9.72 Å². The third-order valence-corrected chi connectivity index (χ3v) is 1.73. The Labute approximate surface area is 85.8 Å². The summed E-state index contributed by atoms with van der Waals surface area (Å²) in [5, 5.41) is 0. The zero-order valence-corrected chi connectivity index (χ0v) is 7.88. The number of ether oxygens (including phenoxy) is 1. The average Bonchev–Trinajstić information content (AvgIpc) is 2.28. The highest BCUT2D eigenvalue weighted by Gasteiger charge is 1.97. The van der Waals surface area contributed by atoms with Crippen molar-refractivity contribution in [2.45, 2.75) is 6.61 Å². The first-order chi connectivity index (χ1) is 7.34. The number of pyridine rings is 1. The molecule has 15 heavy (non-hydrogen) atoms. The van der Waals surface area contributed by atoms with E-state index in [1.165, 1.54) is 12.3 Å². The molecule has 0 atom stereocenters. The van der Waals surface area contributed by atoms with Crippen LogP contribution in [0, 0.1) is 0 Å². The van der Waals surface area contributed by atoms with Crippen molar-refractivity contribution in [1.82, 2.24) is 15.0 Å². The second kappa shape index (κ2) is 4.36. The van der Waals surface area contributed by atoms with E-state index >= 15 is 0 Å². The first-order valence-corrected chi connectivity index (χ1v) is 4.42. The first kappa shape index (κ1) is 9.39. The normalized spacial score (nSPS) is 9.87. The highest BCUT2D eigenvalue weighted by atomic mass is 16.5. The van der Waals surface area contributed by atoms with E-state index in [1.807, 2.05) is 0 Å². The van der Waals surface area contributed by atoms with Gasteiger partial charge in [-0.05, 0) is 12.1 Å². The molecule has 2 heterocycles. The molecule has 1 N–H and O–H groups in total. The molecule has 0 aliphatic heterocycles. The Bertz CT molecular complexity index is 481. The first-order valence-electron chi connectivity index (χ1n) is 4.42. The fourth-order valence-electron chi connectivity index (χ4n) is 1.07. The maximum Gasteiger partial charge on any atom is 0.251 e. The van der Waals surface area contributed by atoms with E-state index in [0.717, 1.165) is 0 Å². The van der Waals surface area contributed by atoms with Gasteiger partial charge in [0.2, 0.25) is 0 Å². The molecule has 0 saturated carbocycles. The van der Waals surface area contributed by atoms with Gasteiger partial charge in [0.1, 0.15) is 12.4 Å². The standard InChI is InChI=1S/C10H9N3O2/c14-10-6-8(2-5-13-10)15-7-9-11-3-1-4-12-9/h1-6H,7H2,(H,13,14). The number of aromatic nitrogens is 3. The van der Waals surface area contributed by atoms with Crippen molar-refractivity contribution in [2.75, 3.05) is 0 Å². The van der Waals surface area contributed by atoms with E-state index in [2.05, 4.69) is 15.0 Å². The molecule has 5 nitrogen and oxygen atoms in total. The molecule has 0 radical (unpaired) electrons. The summed E-state index contributed by atoms with van der Waals surface area (Å²) in [6.07, 6.45) is 4.82. The molecule has 0 unspecified atom stereocenters. The Morgan fingerprint density at radius 2 is 2.13 bits per heavy atom. The van der Waals surface area contributed by atoms with Crippen LogP contribution in [0.2, 0.25) is 0 Å². The Balaban J connectivity index is 2.02. The lowest BCUT2D eigenvalue weighted by Crippen LogP contribution is -2.05. The van der Waals surface area contributed by atoms with Crippen molar-refractivity contribution >= 4 is 0 Å². The molecule has 0 bridgehead atoms. The average molecular weight is 203 g/mol. The molecular formula is C10H9N3O2. The molecule has 0 spiro atoms. The van der Waals surface area contributed by atoms with Gasteiger partial charge in [0.15, 0.2) is 5.82 Å². The smallest absolute Gasteiger partial charge is 0.251 e. The van der Waals surface area contributed by atoms with Crippen molar-refractivity contribution in [3.63, 3.8) is 0 Å². The van der Waals surface area contributed by atoms with Crippen LogP contribution in [0.5, 0.6) is 5.75 Å². The molecular weight excluding hydrogens is 194 g/mol. The van der Waals surface area contributed by atoms with Gasteiger partial charge in [-0.15, -0.1) is 0 Å². The summed E-state index contributed by atoms with van der Waals surface area (Å²) in [6, 6.07) is 4.78. The van der Waals surface area contributed by atoms with Gasteiger partial charge in [-0.25, -0.2) is 9.97 Å². The monoisotopic (exact) mass is 203 g/mol. The van der Waals surface area contributed by atoms with Crippen molar-refractivity contribution in [3.8, 4) is 5.75 Å². The van der Waals surface area contributed by atoms with E-state index in [9.17, 15) is 4.79 Å². The lowest BCUT2D eigenvalue weighted by Gasteiger charge is -2.03. The Morgan fingerprint density at radius 1 is 1.33 bits per heavy atom. The van der Waals surface area contributed by atoms with E-state index in [-0.39, 0.29) is 12.2 Å². The van der Waals surface area contributed by atoms with Gasteiger partial charge in [-0.3, -0.25) is 4.79 Å². The Kier molecular flexibility index (Phi) is 2.73. The van der Waals surface area contributed by atoms with Crippen molar-refractivity contribution in [2.24, 2.45) is 0 Å². The number of nitrogens with one attached hydrogen (secondary N) is 1. The number of hydrogen-bond donors (Lipinski definition) is 1. The van der Waals surface area contributed by atoms with Crippen LogP contribution < -0.4 is 10.3 Å². The Hall–Kier alpha value is -2.17. The minimum absolute atomic E-state index is 0.193. The summed E-state index contributed by atoms with van der Waals surface area (Å²) >= 11 is 0. The molecule has 2 rings (SSSR count). The van der Waals surface area contributed by atoms with Gasteiger partial charge >= 0.3 is 0 Å². The third-order valence-electron chi connectivity index (χ3n) is 1.73. The van der Waals surface area contributed by atoms with Gasteiger partial charge in [0, 0.05) is 24.7 Å². The molecule has 5 heteroatoms. The van der Waals surface area contributed by atoms with Crippen LogP contribution >= 0.6 is 0 Å². The highest BCUT2D eigenvalue weighted by Crippen LogP contribution is 2.05. The molecule has 0 aliphatic carbocycles. The van der Waals surface area contributed by atoms with Crippen LogP contribution in [0.3, 0.4) is 0 Å². The summed E-state index contributed by atoms with van der Waals surface area (Å²) in [6.45, 7) is 0.254. The summed E-state index contributed by atoms with van der Waals surface area (Å²) < 4.78 is 5.33. The van der Waals surface area contributed by atoms with Crippen molar-refractivity contribution in [1.29, 1.82) is 0 Å². The van der Waals surface area contributed by atoms with Crippen LogP contribution in [-0.2, 0) is 6.61 Å². The highest BCUT2D eigenvalue weighted by molar-refractivity contribution is 5.17. The van der Waals surface area contributed by atoms with Gasteiger partial charge in [0.25, 0.3) is 5.56 Å². The van der Waals surface area contributed by atoms with Crippen LogP contribution in [0.4, 0.5) is 0 Å². The Morgan fingerprint density at radius 3 is 2.87 bits per heavy atom. The quantitative estimate of drug-likeness (QED) is 0.799. The molecule has 0 aromatic carbocycles. The number of rotatable bonds is 3. The third kappa shape index (κ3) is 2.63. The minimum atomic E-state index is -0.193. The SMILES string of the molecule is O=c1cc(OCc2ncccn2)cc[nH]1. The van der Waals surface area contributed by atoms with Gasteiger partial charge in [0.05, 0.1) is 0 Å². The maximum atomic E-state index is 10.9. The van der Waals surface area contributed by atoms with Crippen LogP contribution in [0.25, 0.3) is 0 Å². The fraction of sp³-hybridized carbons (Fsp3) is 0.100. The topological polar surface area (TPSA) is 67.9 Å². The van der Waals surface area contributed by atoms with E-state index in [1.54, 1.807) is 24.5 Å². The lowest BCUT2D eigenvalue weighted by molar-refractivity contribution is 0.295. The van der Waals surface area contributed by atoms with E-state index < -0.39 is 0 Å². The lowest BCUT2D eigenvalue weighted by atomic mass is 10.4. The van der Waals surface area contributed by atoms with E-state index in [4.69, 9.17) is 4.74 Å². The number of hydrogen-bond acceptors (Lipinski definition) is 4. The van der Waals surface area contributed by atoms with Gasteiger partial charge in [-0.2, -0.15) is 0 Å². The van der Waals surface area contributed by atoms with Crippen LogP contribution in [0.15, 0.2) is 41.6 Å². The summed E-state index contributed by atoms with van der Waals surface area (Å²) in [5.74, 6) is 1.09. The number of aromatic amines is 1. The molecule has 2 aromatic heterocycles. The predicted molar refractivity (Wildman–Crippen MR) is 53.4 cm³/mol. The second-order valence-electron chi connectivity index (χ2n) is 2.84. The van der Waals surface area contributed by atoms with Crippen LogP contribution in [0.1, 0.15) is 5.82 Å². The summed E-state index contributed by atoms with van der Waals surface area (Å²) in [7, 11) is 0. The van der Waals surface area contributed by atoms with Crippen LogP contribution in [-0.4, -0.2) is 15.0 Å². The second-order valence-corrected chi connectivity index (χ2v) is 2.84.